The maximum absolute atomic E-state index is 11.6. The highest BCUT2D eigenvalue weighted by Crippen LogP contribution is 2.23. The first kappa shape index (κ1) is 14.9. The van der Waals surface area contributed by atoms with Crippen LogP contribution in [-0.2, 0) is 14.3 Å². The van der Waals surface area contributed by atoms with Gasteiger partial charge in [-0.2, -0.15) is 0 Å². The molecular weight excluding hydrogens is 323 g/mol. The van der Waals surface area contributed by atoms with Crippen molar-refractivity contribution < 1.29 is 14.3 Å². The summed E-state index contributed by atoms with van der Waals surface area (Å²) in [5.41, 5.74) is 0.403. The number of nitrogens with zero attached hydrogens (tertiary/aromatic N) is 1. The Labute approximate surface area is 118 Å². The Morgan fingerprint density at radius 2 is 2.22 bits per heavy atom. The number of nitrogens with one attached hydrogen (secondary N) is 1. The van der Waals surface area contributed by atoms with E-state index in [9.17, 15) is 9.59 Å². The van der Waals surface area contributed by atoms with Gasteiger partial charge in [-0.05, 0) is 28.9 Å². The second-order valence-corrected chi connectivity index (χ2v) is 4.62. The molecule has 1 rings (SSSR count). The molecule has 0 radical (unpaired) electrons. The zero-order chi connectivity index (χ0) is 13.5. The number of pyridine rings is 1. The summed E-state index contributed by atoms with van der Waals surface area (Å²) in [6.07, 6.45) is 1.61. The molecule has 1 aromatic rings. The number of ether oxygens (including phenoxy) is 1. The predicted octanol–water partition coefficient (Wildman–Crippen LogP) is 2.78. The van der Waals surface area contributed by atoms with Crippen molar-refractivity contribution in [3.8, 4) is 0 Å². The Bertz CT molecular complexity index is 454. The van der Waals surface area contributed by atoms with Gasteiger partial charge in [0.1, 0.15) is 0 Å². The molecule has 5 nitrogen and oxygen atoms in total. The minimum absolute atomic E-state index is 0.0404. The van der Waals surface area contributed by atoms with Gasteiger partial charge in [-0.15, -0.1) is 0 Å². The maximum atomic E-state index is 11.6. The average Bonchev–Trinajstić information content (AvgIpc) is 2.32. The summed E-state index contributed by atoms with van der Waals surface area (Å²) in [4.78, 5) is 26.5. The lowest BCUT2D eigenvalue weighted by molar-refractivity contribution is -0.144. The number of halogens is 2. The zero-order valence-electron chi connectivity index (χ0n) is 9.70. The van der Waals surface area contributed by atoms with Crippen molar-refractivity contribution in [2.75, 3.05) is 11.9 Å². The van der Waals surface area contributed by atoms with E-state index < -0.39 is 5.97 Å². The monoisotopic (exact) mass is 334 g/mol. The molecule has 0 bridgehead atoms. The summed E-state index contributed by atoms with van der Waals surface area (Å²) in [5, 5.41) is 2.77. The molecule has 1 N–H and O–H groups in total. The van der Waals surface area contributed by atoms with Crippen LogP contribution >= 0.6 is 27.5 Å². The summed E-state index contributed by atoms with van der Waals surface area (Å²) >= 11 is 9.04. The third-order valence-corrected chi connectivity index (χ3v) is 2.68. The van der Waals surface area contributed by atoms with Crippen molar-refractivity contribution in [2.45, 2.75) is 19.8 Å². The Hall–Kier alpha value is -1.14. The first-order valence-electron chi connectivity index (χ1n) is 5.29. The van der Waals surface area contributed by atoms with Crippen LogP contribution in [0.2, 0.25) is 5.15 Å². The molecule has 0 fully saturated rings. The molecular formula is C11H12BrClN2O3. The van der Waals surface area contributed by atoms with Crippen molar-refractivity contribution in [1.82, 2.24) is 4.98 Å². The van der Waals surface area contributed by atoms with Crippen LogP contribution in [0.15, 0.2) is 16.7 Å². The van der Waals surface area contributed by atoms with Crippen molar-refractivity contribution in [3.63, 3.8) is 0 Å². The molecule has 1 heterocycles. The number of esters is 1. The molecule has 7 heteroatoms. The molecule has 0 aliphatic rings. The lowest BCUT2D eigenvalue weighted by atomic mass is 10.3. The van der Waals surface area contributed by atoms with Crippen LogP contribution in [0, 0.1) is 0 Å². The van der Waals surface area contributed by atoms with Crippen LogP contribution in [0.1, 0.15) is 19.8 Å². The Kier molecular flexibility index (Phi) is 6.07. The second-order valence-electron chi connectivity index (χ2n) is 3.35. The van der Waals surface area contributed by atoms with Gasteiger partial charge in [-0.1, -0.05) is 11.6 Å². The van der Waals surface area contributed by atoms with Gasteiger partial charge in [0.05, 0.1) is 18.7 Å². The minimum Gasteiger partial charge on any atom is -0.466 e. The van der Waals surface area contributed by atoms with Crippen LogP contribution in [0.5, 0.6) is 0 Å². The Morgan fingerprint density at radius 3 is 2.89 bits per heavy atom. The average molecular weight is 336 g/mol. The number of hydrogen-bond donors (Lipinski definition) is 1. The molecule has 0 atom stereocenters. The van der Waals surface area contributed by atoms with E-state index in [-0.39, 0.29) is 23.9 Å². The van der Waals surface area contributed by atoms with E-state index in [0.717, 1.165) is 0 Å². The van der Waals surface area contributed by atoms with Gasteiger partial charge >= 0.3 is 5.97 Å². The highest BCUT2D eigenvalue weighted by atomic mass is 79.9. The van der Waals surface area contributed by atoms with Crippen LogP contribution in [-0.4, -0.2) is 23.5 Å². The fraction of sp³-hybridized carbons (Fsp3) is 0.364. The van der Waals surface area contributed by atoms with Crippen molar-refractivity contribution in [2.24, 2.45) is 0 Å². The van der Waals surface area contributed by atoms with Gasteiger partial charge in [-0.3, -0.25) is 9.59 Å². The van der Waals surface area contributed by atoms with E-state index in [0.29, 0.717) is 16.8 Å². The minimum atomic E-state index is -0.397. The van der Waals surface area contributed by atoms with Gasteiger partial charge in [0.25, 0.3) is 0 Å². The van der Waals surface area contributed by atoms with E-state index in [4.69, 9.17) is 16.3 Å². The summed E-state index contributed by atoms with van der Waals surface area (Å²) in [6.45, 7) is 2.02. The van der Waals surface area contributed by atoms with Gasteiger partial charge in [-0.25, -0.2) is 4.98 Å². The van der Waals surface area contributed by atoms with Crippen LogP contribution in [0.25, 0.3) is 0 Å². The van der Waals surface area contributed by atoms with E-state index in [1.54, 1.807) is 13.0 Å². The maximum Gasteiger partial charge on any atom is 0.306 e. The largest absolute Gasteiger partial charge is 0.466 e. The number of aromatic nitrogens is 1. The second kappa shape index (κ2) is 7.33. The standard InChI is InChI=1S/C11H12BrClN2O3/c1-2-18-10(17)4-3-9(16)15-8-5-7(12)6-14-11(8)13/h5-6H,2-4H2,1H3,(H,15,16). The van der Waals surface area contributed by atoms with E-state index >= 15 is 0 Å². The van der Waals surface area contributed by atoms with Gasteiger partial charge in [0.2, 0.25) is 5.91 Å². The zero-order valence-corrected chi connectivity index (χ0v) is 12.0. The normalized spacial score (nSPS) is 9.94. The molecule has 1 aromatic heterocycles. The van der Waals surface area contributed by atoms with E-state index in [1.807, 2.05) is 0 Å². The smallest absolute Gasteiger partial charge is 0.306 e. The number of rotatable bonds is 5. The highest BCUT2D eigenvalue weighted by molar-refractivity contribution is 9.10. The quantitative estimate of drug-likeness (QED) is 0.663. The molecule has 0 aliphatic heterocycles. The molecule has 0 saturated heterocycles. The van der Waals surface area contributed by atoms with Crippen LogP contribution in [0.3, 0.4) is 0 Å². The first-order valence-corrected chi connectivity index (χ1v) is 6.46. The molecule has 0 aromatic carbocycles. The van der Waals surface area contributed by atoms with Gasteiger partial charge < -0.3 is 10.1 Å². The topological polar surface area (TPSA) is 68.3 Å². The van der Waals surface area contributed by atoms with E-state index in [1.165, 1.54) is 6.20 Å². The number of carbonyl (C=O) groups is 2. The van der Waals surface area contributed by atoms with Crippen molar-refractivity contribution >= 4 is 45.1 Å². The van der Waals surface area contributed by atoms with Crippen molar-refractivity contribution in [1.29, 1.82) is 0 Å². The number of carbonyl (C=O) groups excluding carboxylic acids is 2. The molecule has 1 amide bonds. The summed E-state index contributed by atoms with van der Waals surface area (Å²) in [6, 6.07) is 1.64. The summed E-state index contributed by atoms with van der Waals surface area (Å²) in [5.74, 6) is -0.712. The molecule has 18 heavy (non-hydrogen) atoms. The van der Waals surface area contributed by atoms with Gasteiger partial charge in [0.15, 0.2) is 5.15 Å². The molecule has 98 valence electrons. The summed E-state index contributed by atoms with van der Waals surface area (Å²) in [7, 11) is 0. The molecule has 0 spiro atoms. The SMILES string of the molecule is CCOC(=O)CCC(=O)Nc1cc(Br)cnc1Cl. The third kappa shape index (κ3) is 5.01. The molecule has 0 saturated carbocycles. The highest BCUT2D eigenvalue weighted by Gasteiger charge is 2.10. The fourth-order valence-electron chi connectivity index (χ4n) is 1.17. The van der Waals surface area contributed by atoms with Gasteiger partial charge in [0, 0.05) is 17.1 Å². The lowest BCUT2D eigenvalue weighted by Gasteiger charge is -2.06. The number of anilines is 1. The Morgan fingerprint density at radius 1 is 1.50 bits per heavy atom. The van der Waals surface area contributed by atoms with Crippen LogP contribution < -0.4 is 5.32 Å². The third-order valence-electron chi connectivity index (χ3n) is 1.94. The Balaban J connectivity index is 2.49. The predicted molar refractivity (Wildman–Crippen MR) is 71.4 cm³/mol. The summed E-state index contributed by atoms with van der Waals surface area (Å²) < 4.78 is 5.42. The van der Waals surface area contributed by atoms with Crippen LogP contribution in [0.4, 0.5) is 5.69 Å². The number of hydrogen-bond acceptors (Lipinski definition) is 4. The first-order chi connectivity index (χ1) is 8.52. The lowest BCUT2D eigenvalue weighted by Crippen LogP contribution is -2.15. The fourth-order valence-corrected chi connectivity index (χ4v) is 1.65. The van der Waals surface area contributed by atoms with Crippen molar-refractivity contribution in [3.05, 3.63) is 21.9 Å². The van der Waals surface area contributed by atoms with E-state index in [2.05, 4.69) is 26.2 Å². The molecule has 0 unspecified atom stereocenters. The molecule has 0 aliphatic carbocycles. The number of amides is 1.